The number of fused-ring (bicyclic) bond motifs is 2. The summed E-state index contributed by atoms with van der Waals surface area (Å²) in [6.07, 6.45) is 2.79. The second-order valence-corrected chi connectivity index (χ2v) is 5.45. The highest BCUT2D eigenvalue weighted by molar-refractivity contribution is 4.97. The monoisotopic (exact) mass is 196 g/mol. The van der Waals surface area contributed by atoms with E-state index in [9.17, 15) is 0 Å². The number of likely N-dealkylation sites (tertiary alicyclic amines) is 2. The van der Waals surface area contributed by atoms with Crippen LogP contribution in [0.2, 0.25) is 0 Å². The molecule has 2 heteroatoms. The molecule has 0 saturated carbocycles. The maximum absolute atomic E-state index is 2.70. The fraction of sp³-hybridized carbons (Fsp3) is 1.00. The van der Waals surface area contributed by atoms with Crippen molar-refractivity contribution < 1.29 is 0 Å². The first-order valence-corrected chi connectivity index (χ1v) is 6.11. The number of rotatable bonds is 2. The SMILES string of the molecule is CC(C)N1CCC2CC1CN2C(C)C. The molecule has 82 valence electrons. The van der Waals surface area contributed by atoms with E-state index >= 15 is 0 Å². The molecule has 0 N–H and O–H groups in total. The van der Waals surface area contributed by atoms with Crippen molar-refractivity contribution in [2.24, 2.45) is 0 Å². The predicted octanol–water partition coefficient (Wildman–Crippen LogP) is 1.95. The van der Waals surface area contributed by atoms with Crippen molar-refractivity contribution >= 4 is 0 Å². The van der Waals surface area contributed by atoms with Gasteiger partial charge in [-0.25, -0.2) is 0 Å². The Balaban J connectivity index is 2.03. The molecule has 2 fully saturated rings. The van der Waals surface area contributed by atoms with Crippen LogP contribution in [0.5, 0.6) is 0 Å². The van der Waals surface area contributed by atoms with Crippen molar-refractivity contribution in [3.63, 3.8) is 0 Å². The molecule has 2 aliphatic rings. The summed E-state index contributed by atoms with van der Waals surface area (Å²) in [6.45, 7) is 12.0. The minimum absolute atomic E-state index is 0.730. The van der Waals surface area contributed by atoms with Crippen molar-refractivity contribution in [3.8, 4) is 0 Å². The van der Waals surface area contributed by atoms with E-state index in [0.717, 1.165) is 24.2 Å². The molecule has 0 aromatic heterocycles. The highest BCUT2D eigenvalue weighted by atomic mass is 15.3. The van der Waals surface area contributed by atoms with Crippen LogP contribution < -0.4 is 0 Å². The van der Waals surface area contributed by atoms with Crippen LogP contribution in [0.3, 0.4) is 0 Å². The number of nitrogens with zero attached hydrogens (tertiary/aromatic N) is 2. The van der Waals surface area contributed by atoms with E-state index in [1.165, 1.54) is 25.9 Å². The molecule has 2 nitrogen and oxygen atoms in total. The lowest BCUT2D eigenvalue weighted by Gasteiger charge is -2.35. The molecule has 2 heterocycles. The Morgan fingerprint density at radius 3 is 2.14 bits per heavy atom. The number of piperidine rings is 1. The zero-order valence-electron chi connectivity index (χ0n) is 10.0. The molecule has 2 rings (SSSR count). The maximum atomic E-state index is 2.70. The van der Waals surface area contributed by atoms with Crippen LogP contribution in [-0.4, -0.2) is 47.1 Å². The van der Waals surface area contributed by atoms with Gasteiger partial charge in [0, 0.05) is 37.3 Å². The van der Waals surface area contributed by atoms with E-state index in [1.807, 2.05) is 0 Å². The largest absolute Gasteiger partial charge is 0.297 e. The summed E-state index contributed by atoms with van der Waals surface area (Å²) in [4.78, 5) is 5.39. The Morgan fingerprint density at radius 2 is 1.57 bits per heavy atom. The molecule has 0 spiro atoms. The summed E-state index contributed by atoms with van der Waals surface area (Å²) >= 11 is 0. The Kier molecular flexibility index (Phi) is 2.85. The third kappa shape index (κ3) is 1.70. The molecular weight excluding hydrogens is 172 g/mol. The fourth-order valence-electron chi connectivity index (χ4n) is 3.23. The molecule has 0 radical (unpaired) electrons. The van der Waals surface area contributed by atoms with E-state index in [4.69, 9.17) is 0 Å². The van der Waals surface area contributed by atoms with Crippen molar-refractivity contribution in [3.05, 3.63) is 0 Å². The molecule has 0 aromatic rings. The van der Waals surface area contributed by atoms with E-state index in [1.54, 1.807) is 0 Å². The Labute approximate surface area is 88.3 Å². The van der Waals surface area contributed by atoms with Gasteiger partial charge in [0.1, 0.15) is 0 Å². The van der Waals surface area contributed by atoms with Crippen LogP contribution >= 0.6 is 0 Å². The van der Waals surface area contributed by atoms with Crippen LogP contribution in [0.4, 0.5) is 0 Å². The average molecular weight is 196 g/mol. The lowest BCUT2D eigenvalue weighted by atomic mass is 10.0. The maximum Gasteiger partial charge on any atom is 0.0240 e. The van der Waals surface area contributed by atoms with Crippen molar-refractivity contribution in [1.29, 1.82) is 0 Å². The van der Waals surface area contributed by atoms with Gasteiger partial charge in [-0.3, -0.25) is 9.80 Å². The third-order valence-corrected chi connectivity index (χ3v) is 3.95. The first-order valence-electron chi connectivity index (χ1n) is 6.11. The van der Waals surface area contributed by atoms with Crippen LogP contribution in [0.1, 0.15) is 40.5 Å². The van der Waals surface area contributed by atoms with E-state index < -0.39 is 0 Å². The molecule has 2 unspecified atom stereocenters. The van der Waals surface area contributed by atoms with Gasteiger partial charge in [-0.2, -0.15) is 0 Å². The van der Waals surface area contributed by atoms with Crippen LogP contribution in [0.25, 0.3) is 0 Å². The van der Waals surface area contributed by atoms with Gasteiger partial charge >= 0.3 is 0 Å². The molecule has 0 aromatic carbocycles. The fourth-order valence-corrected chi connectivity index (χ4v) is 3.23. The zero-order chi connectivity index (χ0) is 10.3. The number of hydrogen-bond donors (Lipinski definition) is 0. The standard InChI is InChI=1S/C12H24N2/c1-9(2)13-6-5-11-7-12(13)8-14(11)10(3)4/h9-12H,5-8H2,1-4H3. The van der Waals surface area contributed by atoms with Gasteiger partial charge in [0.2, 0.25) is 0 Å². The van der Waals surface area contributed by atoms with Crippen molar-refractivity contribution in [2.45, 2.75) is 64.7 Å². The van der Waals surface area contributed by atoms with Gasteiger partial charge in [-0.1, -0.05) is 0 Å². The van der Waals surface area contributed by atoms with Gasteiger partial charge < -0.3 is 0 Å². The summed E-state index contributed by atoms with van der Waals surface area (Å²) in [5.74, 6) is 0. The summed E-state index contributed by atoms with van der Waals surface area (Å²) < 4.78 is 0. The van der Waals surface area contributed by atoms with Gasteiger partial charge in [-0.15, -0.1) is 0 Å². The lowest BCUT2D eigenvalue weighted by Crippen LogP contribution is -2.44. The summed E-state index contributed by atoms with van der Waals surface area (Å²) in [7, 11) is 0. The summed E-state index contributed by atoms with van der Waals surface area (Å²) in [5.41, 5.74) is 0. The first-order chi connectivity index (χ1) is 6.59. The first kappa shape index (κ1) is 10.4. The van der Waals surface area contributed by atoms with Crippen molar-refractivity contribution in [1.82, 2.24) is 9.80 Å². The van der Waals surface area contributed by atoms with Crippen LogP contribution in [-0.2, 0) is 0 Å². The highest BCUT2D eigenvalue weighted by Gasteiger charge is 2.40. The second kappa shape index (κ2) is 3.82. The molecule has 0 amide bonds. The molecule has 2 aliphatic heterocycles. The molecule has 2 bridgehead atoms. The predicted molar refractivity (Wildman–Crippen MR) is 60.5 cm³/mol. The molecule has 0 aliphatic carbocycles. The quantitative estimate of drug-likeness (QED) is 0.666. The molecule has 2 atom stereocenters. The van der Waals surface area contributed by atoms with Crippen LogP contribution in [0.15, 0.2) is 0 Å². The van der Waals surface area contributed by atoms with Crippen LogP contribution in [0, 0.1) is 0 Å². The smallest absolute Gasteiger partial charge is 0.0240 e. The Bertz CT molecular complexity index is 194. The highest BCUT2D eigenvalue weighted by Crippen LogP contribution is 2.32. The third-order valence-electron chi connectivity index (χ3n) is 3.95. The van der Waals surface area contributed by atoms with Gasteiger partial charge in [0.15, 0.2) is 0 Å². The molecular formula is C12H24N2. The van der Waals surface area contributed by atoms with Gasteiger partial charge in [0.25, 0.3) is 0 Å². The van der Waals surface area contributed by atoms with Gasteiger partial charge in [0.05, 0.1) is 0 Å². The summed E-state index contributed by atoms with van der Waals surface area (Å²) in [6, 6.07) is 3.19. The lowest BCUT2D eigenvalue weighted by molar-refractivity contribution is 0.134. The second-order valence-electron chi connectivity index (χ2n) is 5.45. The van der Waals surface area contributed by atoms with E-state index in [0.29, 0.717) is 0 Å². The Morgan fingerprint density at radius 1 is 0.929 bits per heavy atom. The molecule has 2 saturated heterocycles. The molecule has 14 heavy (non-hydrogen) atoms. The topological polar surface area (TPSA) is 6.48 Å². The Hall–Kier alpha value is -0.0800. The average Bonchev–Trinajstić information content (AvgIpc) is 2.43. The van der Waals surface area contributed by atoms with Gasteiger partial charge in [-0.05, 0) is 40.5 Å². The van der Waals surface area contributed by atoms with E-state index in [-0.39, 0.29) is 0 Å². The number of hydrogen-bond acceptors (Lipinski definition) is 2. The zero-order valence-corrected chi connectivity index (χ0v) is 10.0. The summed E-state index contributed by atoms with van der Waals surface area (Å²) in [5, 5.41) is 0. The minimum Gasteiger partial charge on any atom is -0.297 e. The van der Waals surface area contributed by atoms with E-state index in [2.05, 4.69) is 37.5 Å². The van der Waals surface area contributed by atoms with Crippen molar-refractivity contribution in [2.75, 3.05) is 13.1 Å². The minimum atomic E-state index is 0.730. The normalized spacial score (nSPS) is 34.7.